The zero-order chi connectivity index (χ0) is 8.39. The van der Waals surface area contributed by atoms with Crippen LogP contribution in [0, 0.1) is 0 Å². The second kappa shape index (κ2) is 5.11. The van der Waals surface area contributed by atoms with E-state index in [-0.39, 0.29) is 12.4 Å². The van der Waals surface area contributed by atoms with Crippen molar-refractivity contribution >= 4 is 6.08 Å². The Kier molecular flexibility index (Phi) is 4.40. The van der Waals surface area contributed by atoms with Crippen LogP contribution in [-0.2, 0) is 24.4 Å². The van der Waals surface area contributed by atoms with Gasteiger partial charge in [0.25, 0.3) is 0 Å². The Bertz CT molecular complexity index is 307. The minimum atomic E-state index is 0. The Labute approximate surface area is 100 Å². The van der Waals surface area contributed by atoms with Gasteiger partial charge >= 0.3 is 88.4 Å². The normalized spacial score (nSPS) is 17.9. The third-order valence-electron chi connectivity index (χ3n) is 2.36. The molecule has 1 aliphatic rings. The van der Waals surface area contributed by atoms with Crippen LogP contribution in [-0.4, -0.2) is 0 Å². The van der Waals surface area contributed by atoms with Gasteiger partial charge in [0, 0.05) is 0 Å². The van der Waals surface area contributed by atoms with E-state index in [1.165, 1.54) is 46.1 Å². The average molecular weight is 357 g/mol. The Morgan fingerprint density at radius 1 is 1.23 bits per heavy atom. The van der Waals surface area contributed by atoms with Crippen LogP contribution in [0.3, 0.4) is 0 Å². The molecule has 1 atom stereocenters. The fourth-order valence-electron chi connectivity index (χ4n) is 1.73. The summed E-state index contributed by atoms with van der Waals surface area (Å²) in [6, 6.07) is 8.73. The van der Waals surface area contributed by atoms with Gasteiger partial charge in [0.1, 0.15) is 0 Å². The van der Waals surface area contributed by atoms with Gasteiger partial charge in [-0.15, -0.1) is 0 Å². The minimum absolute atomic E-state index is 0. The predicted octanol–water partition coefficient (Wildman–Crippen LogP) is 0.156. The molecule has 0 bridgehead atoms. The zero-order valence-corrected chi connectivity index (χ0v) is 11.7. The number of benzene rings is 1. The van der Waals surface area contributed by atoms with Gasteiger partial charge in [-0.1, -0.05) is 0 Å². The third kappa shape index (κ3) is 2.32. The molecule has 1 aliphatic carbocycles. The first-order valence-electron chi connectivity index (χ1n) is 4.33. The summed E-state index contributed by atoms with van der Waals surface area (Å²) >= 11 is 1.33. The number of rotatable bonds is 2. The molecule has 66 valence electrons. The molecule has 0 spiro atoms. The predicted molar refractivity (Wildman–Crippen MR) is 47.6 cm³/mol. The molecule has 2 rings (SSSR count). The number of hydrogen-bond acceptors (Lipinski definition) is 0. The van der Waals surface area contributed by atoms with Gasteiger partial charge < -0.3 is 12.4 Å². The summed E-state index contributed by atoms with van der Waals surface area (Å²) in [6.07, 6.45) is 5.96. The zero-order valence-electron chi connectivity index (χ0n) is 7.33. The maximum atomic E-state index is 2.35. The van der Waals surface area contributed by atoms with E-state index in [1.54, 1.807) is 0 Å². The summed E-state index contributed by atoms with van der Waals surface area (Å²) in [5, 5.41) is 0. The van der Waals surface area contributed by atoms with Crippen LogP contribution < -0.4 is 12.4 Å². The van der Waals surface area contributed by atoms with E-state index in [1.807, 2.05) is 0 Å². The number of hydrogen-bond donors (Lipinski definition) is 0. The fourth-order valence-corrected chi connectivity index (χ4v) is 2.85. The topological polar surface area (TPSA) is 0 Å². The monoisotopic (exact) mass is 358 g/mol. The summed E-state index contributed by atoms with van der Waals surface area (Å²) in [5.41, 5.74) is 2.96. The maximum absolute atomic E-state index is 2.35. The number of fused-ring (bicyclic) bond motifs is 1. The van der Waals surface area contributed by atoms with E-state index < -0.39 is 0 Å². The first-order chi connectivity index (χ1) is 5.92. The molecule has 0 N–H and O–H groups in total. The standard InChI is InChI=1S/C11H11.ClH.Hf/c1-2-9-7-8-10-5-3-4-6-11(9)10;;/h3-9H,1-2H2;1H;/q;;+1/p-1. The van der Waals surface area contributed by atoms with Gasteiger partial charge in [-0.05, 0) is 0 Å². The SMILES string of the molecule is [Cl-].[Hf+][CH2]CC1C=Cc2ccccc21. The quantitative estimate of drug-likeness (QED) is 0.662. The fraction of sp³-hybridized carbons (Fsp3) is 0.273. The molecule has 0 aliphatic heterocycles. The van der Waals surface area contributed by atoms with Crippen molar-refractivity contribution in [1.82, 2.24) is 0 Å². The van der Waals surface area contributed by atoms with Crippen LogP contribution in [0.15, 0.2) is 30.3 Å². The van der Waals surface area contributed by atoms with E-state index in [4.69, 9.17) is 0 Å². The molecule has 1 aromatic rings. The Balaban J connectivity index is 0.000000845. The Morgan fingerprint density at radius 2 is 2.00 bits per heavy atom. The molecule has 1 aromatic carbocycles. The number of halogens is 1. The van der Waals surface area contributed by atoms with E-state index in [9.17, 15) is 0 Å². The van der Waals surface area contributed by atoms with E-state index in [2.05, 4.69) is 36.4 Å². The molecular weight excluding hydrogens is 346 g/mol. The molecular formula is C11H11ClHf. The molecule has 1 unspecified atom stereocenters. The molecule has 0 amide bonds. The van der Waals surface area contributed by atoms with Crippen LogP contribution in [0.25, 0.3) is 6.08 Å². The van der Waals surface area contributed by atoms with Gasteiger partial charge in [0.05, 0.1) is 0 Å². The van der Waals surface area contributed by atoms with Crippen LogP contribution in [0.5, 0.6) is 0 Å². The van der Waals surface area contributed by atoms with Gasteiger partial charge in [-0.3, -0.25) is 0 Å². The van der Waals surface area contributed by atoms with Crippen molar-refractivity contribution in [3.05, 3.63) is 41.5 Å². The molecule has 2 heteroatoms. The number of allylic oxidation sites excluding steroid dienone is 1. The summed E-state index contributed by atoms with van der Waals surface area (Å²) < 4.78 is 1.41. The van der Waals surface area contributed by atoms with Crippen molar-refractivity contribution in [3.8, 4) is 0 Å². The Morgan fingerprint density at radius 3 is 2.77 bits per heavy atom. The first kappa shape index (κ1) is 11.2. The molecule has 0 aromatic heterocycles. The van der Waals surface area contributed by atoms with E-state index >= 15 is 0 Å². The summed E-state index contributed by atoms with van der Waals surface area (Å²) in [7, 11) is 0. The van der Waals surface area contributed by atoms with Gasteiger partial charge in [0.2, 0.25) is 0 Å². The van der Waals surface area contributed by atoms with Crippen LogP contribution in [0.4, 0.5) is 0 Å². The van der Waals surface area contributed by atoms with Crippen LogP contribution in [0.2, 0.25) is 4.18 Å². The summed E-state index contributed by atoms with van der Waals surface area (Å²) in [4.78, 5) is 0. The Hall–Kier alpha value is 0.120. The second-order valence-corrected chi connectivity index (χ2v) is 4.93. The molecule has 0 saturated carbocycles. The van der Waals surface area contributed by atoms with Gasteiger partial charge in [-0.2, -0.15) is 0 Å². The van der Waals surface area contributed by atoms with Crippen molar-refractivity contribution in [1.29, 1.82) is 0 Å². The van der Waals surface area contributed by atoms with Crippen molar-refractivity contribution in [2.45, 2.75) is 16.5 Å². The molecule has 13 heavy (non-hydrogen) atoms. The molecule has 0 saturated heterocycles. The van der Waals surface area contributed by atoms with Crippen molar-refractivity contribution in [2.75, 3.05) is 0 Å². The van der Waals surface area contributed by atoms with Gasteiger partial charge in [0.15, 0.2) is 0 Å². The average Bonchev–Trinajstić information content (AvgIpc) is 2.50. The van der Waals surface area contributed by atoms with Crippen molar-refractivity contribution < 1.29 is 36.8 Å². The molecule has 0 nitrogen and oxygen atoms in total. The van der Waals surface area contributed by atoms with E-state index in [0.717, 1.165) is 5.92 Å². The van der Waals surface area contributed by atoms with Gasteiger partial charge in [-0.25, -0.2) is 0 Å². The molecule has 0 heterocycles. The summed E-state index contributed by atoms with van der Waals surface area (Å²) in [6.45, 7) is 0. The first-order valence-corrected chi connectivity index (χ1v) is 6.87. The second-order valence-electron chi connectivity index (χ2n) is 3.13. The van der Waals surface area contributed by atoms with Crippen LogP contribution >= 0.6 is 0 Å². The third-order valence-corrected chi connectivity index (χ3v) is 3.40. The van der Waals surface area contributed by atoms with Crippen molar-refractivity contribution in [3.63, 3.8) is 0 Å². The molecule has 0 radical (unpaired) electrons. The molecule has 0 fully saturated rings. The summed E-state index contributed by atoms with van der Waals surface area (Å²) in [5.74, 6) is 0.721. The van der Waals surface area contributed by atoms with Crippen molar-refractivity contribution in [2.24, 2.45) is 0 Å². The van der Waals surface area contributed by atoms with Crippen LogP contribution in [0.1, 0.15) is 23.5 Å². The van der Waals surface area contributed by atoms with E-state index in [0.29, 0.717) is 0 Å².